The summed E-state index contributed by atoms with van der Waals surface area (Å²) in [6.45, 7) is -0.740. The Morgan fingerprint density at radius 3 is 2.47 bits per heavy atom. The minimum atomic E-state index is -4.18. The number of halogens is 4. The smallest absolute Gasteiger partial charge is 0.286 e. The summed E-state index contributed by atoms with van der Waals surface area (Å²) >= 11 is 5.56. The van der Waals surface area contributed by atoms with Crippen LogP contribution >= 0.6 is 11.6 Å². The highest BCUT2D eigenvalue weighted by Crippen LogP contribution is 2.31. The zero-order valence-electron chi connectivity index (χ0n) is 8.91. The maximum absolute atomic E-state index is 12.4. The van der Waals surface area contributed by atoms with Gasteiger partial charge in [-0.15, -0.1) is 5.10 Å². The molecule has 1 aliphatic carbocycles. The van der Waals surface area contributed by atoms with Crippen molar-refractivity contribution < 1.29 is 13.2 Å². The number of aromatic nitrogens is 2. The van der Waals surface area contributed by atoms with E-state index >= 15 is 0 Å². The summed E-state index contributed by atoms with van der Waals surface area (Å²) in [6.07, 6.45) is -2.54. The summed E-state index contributed by atoms with van der Waals surface area (Å²) in [5.74, 6) is 0. The van der Waals surface area contributed by atoms with E-state index < -0.39 is 12.7 Å². The first-order valence-corrected chi connectivity index (χ1v) is 5.61. The van der Waals surface area contributed by atoms with Crippen molar-refractivity contribution >= 4 is 11.6 Å². The van der Waals surface area contributed by atoms with Crippen molar-refractivity contribution in [1.82, 2.24) is 15.1 Å². The van der Waals surface area contributed by atoms with Crippen LogP contribution in [0.3, 0.4) is 0 Å². The van der Waals surface area contributed by atoms with E-state index in [-0.39, 0.29) is 17.7 Å². The third-order valence-corrected chi connectivity index (χ3v) is 2.70. The van der Waals surface area contributed by atoms with Gasteiger partial charge in [-0.1, -0.05) is 11.6 Å². The second kappa shape index (κ2) is 4.78. The first-order valence-electron chi connectivity index (χ1n) is 5.23. The van der Waals surface area contributed by atoms with E-state index in [1.54, 1.807) is 6.07 Å². The summed E-state index contributed by atoms with van der Waals surface area (Å²) in [7, 11) is 0. The lowest BCUT2D eigenvalue weighted by Gasteiger charge is -2.22. The summed E-state index contributed by atoms with van der Waals surface area (Å²) in [4.78, 5) is 1.39. The maximum Gasteiger partial charge on any atom is 0.401 e. The van der Waals surface area contributed by atoms with Crippen LogP contribution in [0.5, 0.6) is 0 Å². The van der Waals surface area contributed by atoms with E-state index in [1.807, 2.05) is 0 Å². The average Bonchev–Trinajstić information content (AvgIpc) is 3.01. The van der Waals surface area contributed by atoms with Gasteiger partial charge in [0.05, 0.1) is 12.2 Å². The monoisotopic (exact) mass is 265 g/mol. The van der Waals surface area contributed by atoms with Crippen molar-refractivity contribution in [2.45, 2.75) is 31.6 Å². The molecule has 0 aliphatic heterocycles. The lowest BCUT2D eigenvalue weighted by molar-refractivity contribution is -0.148. The molecule has 0 atom stereocenters. The molecule has 0 radical (unpaired) electrons. The van der Waals surface area contributed by atoms with E-state index in [9.17, 15) is 13.2 Å². The standard InChI is InChI=1S/C10H11ClF3N3/c11-9-4-1-7(15-16-9)5-17(8-2-3-8)6-10(12,13)14/h1,4,8H,2-3,5-6H2. The van der Waals surface area contributed by atoms with Gasteiger partial charge in [0.15, 0.2) is 5.15 Å². The topological polar surface area (TPSA) is 29.0 Å². The summed E-state index contributed by atoms with van der Waals surface area (Å²) < 4.78 is 37.1. The lowest BCUT2D eigenvalue weighted by atomic mass is 10.3. The van der Waals surface area contributed by atoms with Crippen molar-refractivity contribution in [3.8, 4) is 0 Å². The fraction of sp³-hybridized carbons (Fsp3) is 0.600. The number of hydrogen-bond donors (Lipinski definition) is 0. The molecule has 1 aliphatic rings. The summed E-state index contributed by atoms with van der Waals surface area (Å²) in [6, 6.07) is 3.15. The molecule has 0 bridgehead atoms. The molecule has 1 aromatic rings. The molecule has 2 rings (SSSR count). The molecule has 0 saturated heterocycles. The second-order valence-corrected chi connectivity index (χ2v) is 4.49. The normalized spacial score (nSPS) is 16.5. The van der Waals surface area contributed by atoms with E-state index in [1.165, 1.54) is 11.0 Å². The molecule has 1 heterocycles. The van der Waals surface area contributed by atoms with Gasteiger partial charge < -0.3 is 0 Å². The van der Waals surface area contributed by atoms with Crippen LogP contribution in [0.15, 0.2) is 12.1 Å². The molecule has 7 heteroatoms. The third-order valence-electron chi connectivity index (χ3n) is 2.50. The van der Waals surface area contributed by atoms with Gasteiger partial charge in [0, 0.05) is 12.6 Å². The number of nitrogens with zero attached hydrogens (tertiary/aromatic N) is 3. The first kappa shape index (κ1) is 12.6. The van der Waals surface area contributed by atoms with Crippen LogP contribution in [0, 0.1) is 0 Å². The summed E-state index contributed by atoms with van der Waals surface area (Å²) in [5.41, 5.74) is 0.505. The largest absolute Gasteiger partial charge is 0.401 e. The molecule has 3 nitrogen and oxygen atoms in total. The van der Waals surface area contributed by atoms with Gasteiger partial charge >= 0.3 is 6.18 Å². The van der Waals surface area contributed by atoms with E-state index in [4.69, 9.17) is 11.6 Å². The van der Waals surface area contributed by atoms with Crippen molar-refractivity contribution in [3.05, 3.63) is 23.0 Å². The molecular weight excluding hydrogens is 255 g/mol. The lowest BCUT2D eigenvalue weighted by Crippen LogP contribution is -2.35. The Hall–Kier alpha value is -0.880. The quantitative estimate of drug-likeness (QED) is 0.838. The number of hydrogen-bond acceptors (Lipinski definition) is 3. The zero-order chi connectivity index (χ0) is 12.5. The first-order chi connectivity index (χ1) is 7.94. The van der Waals surface area contributed by atoms with Crippen LogP contribution in [0.25, 0.3) is 0 Å². The Balaban J connectivity index is 2.00. The predicted octanol–water partition coefficient (Wildman–Crippen LogP) is 2.66. The highest BCUT2D eigenvalue weighted by Gasteiger charge is 2.38. The van der Waals surface area contributed by atoms with Crippen LogP contribution in [0.1, 0.15) is 18.5 Å². The highest BCUT2D eigenvalue weighted by molar-refractivity contribution is 6.29. The number of rotatable bonds is 4. The van der Waals surface area contributed by atoms with Crippen LogP contribution in [0.2, 0.25) is 5.15 Å². The number of alkyl halides is 3. The molecule has 0 spiro atoms. The SMILES string of the molecule is FC(F)(F)CN(Cc1ccc(Cl)nn1)C1CC1. The van der Waals surface area contributed by atoms with E-state index in [0.717, 1.165) is 12.8 Å². The minimum Gasteiger partial charge on any atom is -0.286 e. The zero-order valence-corrected chi connectivity index (χ0v) is 9.67. The molecule has 0 N–H and O–H groups in total. The van der Waals surface area contributed by atoms with Crippen molar-refractivity contribution in [2.75, 3.05) is 6.54 Å². The minimum absolute atomic E-state index is 0.0223. The van der Waals surface area contributed by atoms with Crippen LogP contribution in [0.4, 0.5) is 13.2 Å². The van der Waals surface area contributed by atoms with Gasteiger partial charge in [-0.25, -0.2) is 0 Å². The van der Waals surface area contributed by atoms with Crippen LogP contribution in [-0.2, 0) is 6.54 Å². The average molecular weight is 266 g/mol. The Morgan fingerprint density at radius 2 is 2.00 bits per heavy atom. The second-order valence-electron chi connectivity index (χ2n) is 4.10. The fourth-order valence-electron chi connectivity index (χ4n) is 1.62. The van der Waals surface area contributed by atoms with Crippen molar-refractivity contribution in [3.63, 3.8) is 0 Å². The van der Waals surface area contributed by atoms with Crippen LogP contribution < -0.4 is 0 Å². The van der Waals surface area contributed by atoms with E-state index in [0.29, 0.717) is 5.69 Å². The Morgan fingerprint density at radius 1 is 1.29 bits per heavy atom. The molecule has 1 saturated carbocycles. The third kappa shape index (κ3) is 4.12. The van der Waals surface area contributed by atoms with Crippen molar-refractivity contribution in [2.24, 2.45) is 0 Å². The Kier molecular flexibility index (Phi) is 3.53. The summed E-state index contributed by atoms with van der Waals surface area (Å²) in [5, 5.41) is 7.62. The van der Waals surface area contributed by atoms with Crippen molar-refractivity contribution in [1.29, 1.82) is 0 Å². The van der Waals surface area contributed by atoms with Gasteiger partial charge in [-0.05, 0) is 25.0 Å². The van der Waals surface area contributed by atoms with Crippen LogP contribution in [-0.4, -0.2) is 33.9 Å². The van der Waals surface area contributed by atoms with Gasteiger partial charge in [0.2, 0.25) is 0 Å². The van der Waals surface area contributed by atoms with Gasteiger partial charge in [-0.3, -0.25) is 4.90 Å². The van der Waals surface area contributed by atoms with Gasteiger partial charge in [0.25, 0.3) is 0 Å². The molecule has 0 unspecified atom stereocenters. The molecule has 1 fully saturated rings. The van der Waals surface area contributed by atoms with E-state index in [2.05, 4.69) is 10.2 Å². The molecule has 17 heavy (non-hydrogen) atoms. The van der Waals surface area contributed by atoms with Gasteiger partial charge in [-0.2, -0.15) is 18.3 Å². The molecule has 1 aromatic heterocycles. The molecule has 94 valence electrons. The Bertz CT molecular complexity index is 375. The molecule has 0 aromatic carbocycles. The Labute approximate surface area is 102 Å². The van der Waals surface area contributed by atoms with Gasteiger partial charge in [0.1, 0.15) is 0 Å². The highest BCUT2D eigenvalue weighted by atomic mass is 35.5. The molecular formula is C10H11ClF3N3. The maximum atomic E-state index is 12.4. The predicted molar refractivity (Wildman–Crippen MR) is 56.5 cm³/mol. The fourth-order valence-corrected chi connectivity index (χ4v) is 1.72. The molecule has 0 amide bonds.